The van der Waals surface area contributed by atoms with Gasteiger partial charge in [-0.15, -0.1) is 0 Å². The van der Waals surface area contributed by atoms with Gasteiger partial charge in [0.1, 0.15) is 12.6 Å². The molecule has 1 aromatic carbocycles. The molecular weight excluding hydrogens is 190 g/mol. The van der Waals surface area contributed by atoms with Crippen molar-refractivity contribution in [1.29, 1.82) is 0 Å². The summed E-state index contributed by atoms with van der Waals surface area (Å²) in [6.07, 6.45) is 2.36. The molecule has 1 heterocycles. The second-order valence-electron chi connectivity index (χ2n) is 3.40. The van der Waals surface area contributed by atoms with Crippen LogP contribution in [0.1, 0.15) is 15.9 Å². The molecule has 0 saturated carbocycles. The van der Waals surface area contributed by atoms with Gasteiger partial charge in [-0.2, -0.15) is 5.10 Å². The highest BCUT2D eigenvalue weighted by molar-refractivity contribution is 5.77. The third-order valence-corrected chi connectivity index (χ3v) is 2.34. The van der Waals surface area contributed by atoms with Crippen LogP contribution >= 0.6 is 0 Å². The van der Waals surface area contributed by atoms with Crippen molar-refractivity contribution in [3.63, 3.8) is 0 Å². The Morgan fingerprint density at radius 2 is 2.20 bits per heavy atom. The van der Waals surface area contributed by atoms with Gasteiger partial charge in [0.25, 0.3) is 0 Å². The van der Waals surface area contributed by atoms with Gasteiger partial charge >= 0.3 is 0 Å². The molecule has 0 amide bonds. The van der Waals surface area contributed by atoms with Crippen molar-refractivity contribution in [2.75, 3.05) is 0 Å². The number of aromatic nitrogens is 3. The molecule has 0 unspecified atom stereocenters. The van der Waals surface area contributed by atoms with Crippen LogP contribution in [0.2, 0.25) is 0 Å². The van der Waals surface area contributed by atoms with Gasteiger partial charge in [0, 0.05) is 18.2 Å². The molecule has 4 nitrogen and oxygen atoms in total. The molecule has 0 bridgehead atoms. The van der Waals surface area contributed by atoms with E-state index in [1.54, 1.807) is 10.7 Å². The predicted molar refractivity (Wildman–Crippen MR) is 56.6 cm³/mol. The number of hydrogen-bond donors (Lipinski definition) is 0. The average Bonchev–Trinajstić information content (AvgIpc) is 2.64. The molecule has 2 aromatic rings. The van der Waals surface area contributed by atoms with Crippen molar-refractivity contribution in [2.45, 2.75) is 6.92 Å². The second kappa shape index (κ2) is 3.65. The Balaban J connectivity index is 2.55. The lowest BCUT2D eigenvalue weighted by Gasteiger charge is -2.04. The van der Waals surface area contributed by atoms with Gasteiger partial charge in [0.2, 0.25) is 0 Å². The highest BCUT2D eigenvalue weighted by atomic mass is 16.1. The van der Waals surface area contributed by atoms with Crippen molar-refractivity contribution in [3.05, 3.63) is 35.7 Å². The number of carbonyl (C=O) groups excluding carboxylic acids is 1. The third-order valence-electron chi connectivity index (χ3n) is 2.34. The molecule has 1 aromatic heterocycles. The third kappa shape index (κ3) is 1.66. The zero-order valence-electron chi connectivity index (χ0n) is 8.64. The van der Waals surface area contributed by atoms with E-state index in [0.717, 1.165) is 23.2 Å². The zero-order chi connectivity index (χ0) is 10.8. The average molecular weight is 201 g/mol. The summed E-state index contributed by atoms with van der Waals surface area (Å²) in [5, 5.41) is 4.01. The number of rotatable bonds is 2. The van der Waals surface area contributed by atoms with Crippen molar-refractivity contribution < 1.29 is 4.79 Å². The molecule has 0 aliphatic rings. The number of nitrogens with zero attached hydrogens (tertiary/aromatic N) is 3. The van der Waals surface area contributed by atoms with Crippen LogP contribution in [-0.2, 0) is 7.05 Å². The van der Waals surface area contributed by atoms with E-state index < -0.39 is 0 Å². The fourth-order valence-electron chi connectivity index (χ4n) is 1.55. The molecule has 0 atom stereocenters. The summed E-state index contributed by atoms with van der Waals surface area (Å²) in [7, 11) is 1.84. The van der Waals surface area contributed by atoms with Crippen LogP contribution < -0.4 is 0 Å². The first kappa shape index (κ1) is 9.58. The Morgan fingerprint density at radius 1 is 1.40 bits per heavy atom. The maximum absolute atomic E-state index is 10.6. The molecule has 15 heavy (non-hydrogen) atoms. The monoisotopic (exact) mass is 201 g/mol. The van der Waals surface area contributed by atoms with E-state index in [9.17, 15) is 4.79 Å². The van der Waals surface area contributed by atoms with Crippen LogP contribution in [0.4, 0.5) is 0 Å². The van der Waals surface area contributed by atoms with Crippen molar-refractivity contribution >= 4 is 6.29 Å². The largest absolute Gasteiger partial charge is 0.298 e. The zero-order valence-corrected chi connectivity index (χ0v) is 8.64. The van der Waals surface area contributed by atoms with Gasteiger partial charge in [0.05, 0.1) is 0 Å². The lowest BCUT2D eigenvalue weighted by molar-refractivity contribution is 0.112. The number of hydrogen-bond acceptors (Lipinski definition) is 3. The van der Waals surface area contributed by atoms with Crippen molar-refractivity contribution in [2.24, 2.45) is 7.05 Å². The molecule has 0 spiro atoms. The van der Waals surface area contributed by atoms with Crippen LogP contribution in [0, 0.1) is 6.92 Å². The summed E-state index contributed by atoms with van der Waals surface area (Å²) in [6, 6.07) is 5.52. The summed E-state index contributed by atoms with van der Waals surface area (Å²) < 4.78 is 1.71. The molecule has 0 aliphatic carbocycles. The van der Waals surface area contributed by atoms with Gasteiger partial charge in [-0.05, 0) is 18.6 Å². The normalized spacial score (nSPS) is 10.3. The maximum atomic E-state index is 10.6. The van der Waals surface area contributed by atoms with Gasteiger partial charge in [-0.25, -0.2) is 9.67 Å². The van der Waals surface area contributed by atoms with E-state index in [0.29, 0.717) is 5.56 Å². The molecule has 76 valence electrons. The molecule has 2 rings (SSSR count). The van der Waals surface area contributed by atoms with Gasteiger partial charge < -0.3 is 0 Å². The van der Waals surface area contributed by atoms with Crippen molar-refractivity contribution in [1.82, 2.24) is 14.8 Å². The molecule has 0 aliphatic heterocycles. The minimum absolute atomic E-state index is 0.679. The Hall–Kier alpha value is -1.97. The number of aryl methyl sites for hydroxylation is 2. The Labute approximate surface area is 87.6 Å². The Morgan fingerprint density at radius 3 is 2.73 bits per heavy atom. The Kier molecular flexibility index (Phi) is 2.33. The molecule has 0 saturated heterocycles. The van der Waals surface area contributed by atoms with Gasteiger partial charge in [0.15, 0.2) is 5.82 Å². The SMILES string of the molecule is Cc1cc(C=O)ccc1-c1ncnn1C. The van der Waals surface area contributed by atoms with Crippen LogP contribution in [0.25, 0.3) is 11.4 Å². The summed E-state index contributed by atoms with van der Waals surface area (Å²) >= 11 is 0. The first-order chi connectivity index (χ1) is 7.22. The molecular formula is C11H11N3O. The minimum atomic E-state index is 0.679. The summed E-state index contributed by atoms with van der Waals surface area (Å²) in [5.74, 6) is 0.810. The number of aldehydes is 1. The van der Waals surface area contributed by atoms with Crippen LogP contribution in [0.5, 0.6) is 0 Å². The standard InChI is InChI=1S/C11H11N3O/c1-8-5-9(6-15)3-4-10(8)11-12-7-13-14(11)2/h3-7H,1-2H3. The smallest absolute Gasteiger partial charge is 0.158 e. The highest BCUT2D eigenvalue weighted by Gasteiger charge is 2.07. The Bertz CT molecular complexity index is 502. The van der Waals surface area contributed by atoms with Crippen LogP contribution in [0.15, 0.2) is 24.5 Å². The minimum Gasteiger partial charge on any atom is -0.298 e. The molecule has 0 N–H and O–H groups in total. The molecule has 4 heteroatoms. The molecule has 0 fully saturated rings. The second-order valence-corrected chi connectivity index (χ2v) is 3.40. The van der Waals surface area contributed by atoms with Crippen molar-refractivity contribution in [3.8, 4) is 11.4 Å². The lowest BCUT2D eigenvalue weighted by Crippen LogP contribution is -1.96. The first-order valence-electron chi connectivity index (χ1n) is 4.62. The van der Waals surface area contributed by atoms with Crippen LogP contribution in [-0.4, -0.2) is 21.1 Å². The van der Waals surface area contributed by atoms with E-state index in [4.69, 9.17) is 0 Å². The fourth-order valence-corrected chi connectivity index (χ4v) is 1.55. The van der Waals surface area contributed by atoms with E-state index >= 15 is 0 Å². The summed E-state index contributed by atoms with van der Waals surface area (Å²) in [4.78, 5) is 14.8. The van der Waals surface area contributed by atoms with E-state index in [2.05, 4.69) is 10.1 Å². The first-order valence-corrected chi connectivity index (χ1v) is 4.62. The number of benzene rings is 1. The summed E-state index contributed by atoms with van der Waals surface area (Å²) in [5.41, 5.74) is 2.70. The predicted octanol–water partition coefficient (Wildman–Crippen LogP) is 1.60. The highest BCUT2D eigenvalue weighted by Crippen LogP contribution is 2.20. The van der Waals surface area contributed by atoms with E-state index in [1.807, 2.05) is 26.1 Å². The molecule has 0 radical (unpaired) electrons. The fraction of sp³-hybridized carbons (Fsp3) is 0.182. The maximum Gasteiger partial charge on any atom is 0.158 e. The topological polar surface area (TPSA) is 47.8 Å². The van der Waals surface area contributed by atoms with Crippen LogP contribution in [0.3, 0.4) is 0 Å². The van der Waals surface area contributed by atoms with E-state index in [1.165, 1.54) is 6.33 Å². The van der Waals surface area contributed by atoms with Gasteiger partial charge in [-0.1, -0.05) is 12.1 Å². The number of carbonyl (C=O) groups is 1. The quantitative estimate of drug-likeness (QED) is 0.693. The van der Waals surface area contributed by atoms with E-state index in [-0.39, 0.29) is 0 Å². The lowest BCUT2D eigenvalue weighted by atomic mass is 10.1. The summed E-state index contributed by atoms with van der Waals surface area (Å²) in [6.45, 7) is 1.96. The van der Waals surface area contributed by atoms with Gasteiger partial charge in [-0.3, -0.25) is 4.79 Å².